The molecule has 3 N–H and O–H groups in total. The van der Waals surface area contributed by atoms with Crippen LogP contribution in [0.5, 0.6) is 0 Å². The average molecular weight is 212 g/mol. The zero-order valence-corrected chi connectivity index (χ0v) is 9.60. The van der Waals surface area contributed by atoms with Gasteiger partial charge >= 0.3 is 0 Å². The first kappa shape index (κ1) is 11.4. The molecular formula is C12H24N2O. The molecule has 2 fully saturated rings. The van der Waals surface area contributed by atoms with Crippen molar-refractivity contribution in [3.8, 4) is 0 Å². The number of piperidine rings is 1. The summed E-state index contributed by atoms with van der Waals surface area (Å²) in [7, 11) is 0. The molecular weight excluding hydrogens is 188 g/mol. The molecule has 1 saturated carbocycles. The van der Waals surface area contributed by atoms with Crippen LogP contribution in [0.4, 0.5) is 0 Å². The number of hydrogen-bond acceptors (Lipinski definition) is 3. The van der Waals surface area contributed by atoms with Crippen molar-refractivity contribution in [3.05, 3.63) is 0 Å². The van der Waals surface area contributed by atoms with Crippen LogP contribution in [-0.4, -0.2) is 36.9 Å². The molecule has 0 aromatic rings. The number of rotatable bonds is 4. The van der Waals surface area contributed by atoms with Crippen molar-refractivity contribution in [1.82, 2.24) is 10.6 Å². The van der Waals surface area contributed by atoms with E-state index in [0.29, 0.717) is 6.61 Å². The molecule has 0 amide bonds. The van der Waals surface area contributed by atoms with Crippen molar-refractivity contribution in [2.45, 2.75) is 44.1 Å². The van der Waals surface area contributed by atoms with E-state index in [-0.39, 0.29) is 5.54 Å². The molecule has 2 aliphatic rings. The third-order valence-corrected chi connectivity index (χ3v) is 4.09. The van der Waals surface area contributed by atoms with Gasteiger partial charge in [0.1, 0.15) is 0 Å². The van der Waals surface area contributed by atoms with Crippen LogP contribution >= 0.6 is 0 Å². The van der Waals surface area contributed by atoms with Crippen molar-refractivity contribution in [2.75, 3.05) is 26.2 Å². The highest BCUT2D eigenvalue weighted by Gasteiger charge is 2.33. The van der Waals surface area contributed by atoms with Crippen LogP contribution in [0.1, 0.15) is 38.5 Å². The number of aliphatic hydroxyl groups excluding tert-OH is 1. The molecule has 0 spiro atoms. The summed E-state index contributed by atoms with van der Waals surface area (Å²) in [6.45, 7) is 3.75. The molecule has 0 aromatic carbocycles. The predicted molar refractivity (Wildman–Crippen MR) is 61.9 cm³/mol. The molecule has 0 atom stereocenters. The largest absolute Gasteiger partial charge is 0.394 e. The van der Waals surface area contributed by atoms with Crippen molar-refractivity contribution >= 4 is 0 Å². The van der Waals surface area contributed by atoms with Crippen LogP contribution in [0.25, 0.3) is 0 Å². The van der Waals surface area contributed by atoms with Crippen molar-refractivity contribution in [3.63, 3.8) is 0 Å². The standard InChI is InChI=1S/C12H24N2O/c15-10-12(5-1-2-6-12)14-9-11-3-7-13-8-4-11/h11,13-15H,1-10H2. The molecule has 0 bridgehead atoms. The Labute approximate surface area is 92.6 Å². The lowest BCUT2D eigenvalue weighted by atomic mass is 9.94. The Morgan fingerprint density at radius 1 is 1.20 bits per heavy atom. The highest BCUT2D eigenvalue weighted by molar-refractivity contribution is 4.92. The summed E-state index contributed by atoms with van der Waals surface area (Å²) in [5.74, 6) is 0.815. The second-order valence-electron chi connectivity index (χ2n) is 5.22. The van der Waals surface area contributed by atoms with Crippen LogP contribution in [-0.2, 0) is 0 Å². The Bertz CT molecular complexity index is 184. The van der Waals surface area contributed by atoms with Gasteiger partial charge in [0.2, 0.25) is 0 Å². The molecule has 2 rings (SSSR count). The minimum atomic E-state index is 0.0743. The molecule has 3 nitrogen and oxygen atoms in total. The summed E-state index contributed by atoms with van der Waals surface area (Å²) in [6, 6.07) is 0. The Morgan fingerprint density at radius 3 is 2.47 bits per heavy atom. The SMILES string of the molecule is OCC1(NCC2CCNCC2)CCCC1. The van der Waals surface area contributed by atoms with Gasteiger partial charge in [0.25, 0.3) is 0 Å². The van der Waals surface area contributed by atoms with E-state index in [9.17, 15) is 5.11 Å². The first-order chi connectivity index (χ1) is 7.35. The van der Waals surface area contributed by atoms with E-state index >= 15 is 0 Å². The van der Waals surface area contributed by atoms with Crippen LogP contribution in [0.15, 0.2) is 0 Å². The van der Waals surface area contributed by atoms with E-state index in [1.807, 2.05) is 0 Å². The van der Waals surface area contributed by atoms with Gasteiger partial charge < -0.3 is 15.7 Å². The molecule has 15 heavy (non-hydrogen) atoms. The maximum Gasteiger partial charge on any atom is 0.0613 e. The predicted octanol–water partition coefficient (Wildman–Crippen LogP) is 0.881. The van der Waals surface area contributed by atoms with Gasteiger partial charge in [-0.25, -0.2) is 0 Å². The van der Waals surface area contributed by atoms with E-state index in [1.165, 1.54) is 38.8 Å². The maximum absolute atomic E-state index is 9.47. The smallest absolute Gasteiger partial charge is 0.0613 e. The van der Waals surface area contributed by atoms with Crippen LogP contribution in [0, 0.1) is 5.92 Å². The van der Waals surface area contributed by atoms with E-state index in [0.717, 1.165) is 25.3 Å². The summed E-state index contributed by atoms with van der Waals surface area (Å²) in [4.78, 5) is 0. The lowest BCUT2D eigenvalue weighted by molar-refractivity contribution is 0.155. The third-order valence-electron chi connectivity index (χ3n) is 4.09. The molecule has 1 aliphatic heterocycles. The van der Waals surface area contributed by atoms with Gasteiger partial charge in [-0.1, -0.05) is 12.8 Å². The molecule has 3 heteroatoms. The molecule has 1 saturated heterocycles. The van der Waals surface area contributed by atoms with Crippen LogP contribution in [0.3, 0.4) is 0 Å². The lowest BCUT2D eigenvalue weighted by Crippen LogP contribution is -2.49. The summed E-state index contributed by atoms with van der Waals surface area (Å²) in [5, 5.41) is 16.5. The molecule has 0 aromatic heterocycles. The quantitative estimate of drug-likeness (QED) is 0.648. The Hall–Kier alpha value is -0.120. The topological polar surface area (TPSA) is 44.3 Å². The van der Waals surface area contributed by atoms with E-state index in [4.69, 9.17) is 0 Å². The normalized spacial score (nSPS) is 27.0. The fraction of sp³-hybridized carbons (Fsp3) is 1.00. The Kier molecular flexibility index (Phi) is 4.00. The van der Waals surface area contributed by atoms with Crippen molar-refractivity contribution in [2.24, 2.45) is 5.92 Å². The monoisotopic (exact) mass is 212 g/mol. The van der Waals surface area contributed by atoms with Crippen LogP contribution < -0.4 is 10.6 Å². The zero-order valence-electron chi connectivity index (χ0n) is 9.60. The summed E-state index contributed by atoms with van der Waals surface area (Å²) < 4.78 is 0. The number of hydrogen-bond donors (Lipinski definition) is 3. The second-order valence-corrected chi connectivity index (χ2v) is 5.22. The molecule has 88 valence electrons. The number of nitrogens with one attached hydrogen (secondary N) is 2. The Morgan fingerprint density at radius 2 is 1.87 bits per heavy atom. The number of aliphatic hydroxyl groups is 1. The van der Waals surface area contributed by atoms with E-state index in [2.05, 4.69) is 10.6 Å². The molecule has 1 aliphatic carbocycles. The van der Waals surface area contributed by atoms with Gasteiger partial charge in [-0.2, -0.15) is 0 Å². The highest BCUT2D eigenvalue weighted by Crippen LogP contribution is 2.29. The first-order valence-electron chi connectivity index (χ1n) is 6.41. The maximum atomic E-state index is 9.47. The molecule has 1 heterocycles. The van der Waals surface area contributed by atoms with Gasteiger partial charge in [0.05, 0.1) is 6.61 Å². The van der Waals surface area contributed by atoms with Crippen molar-refractivity contribution in [1.29, 1.82) is 0 Å². The average Bonchev–Trinajstić information content (AvgIpc) is 2.77. The first-order valence-corrected chi connectivity index (χ1v) is 6.41. The van der Waals surface area contributed by atoms with Gasteiger partial charge in [-0.05, 0) is 51.2 Å². The molecule has 0 radical (unpaired) electrons. The van der Waals surface area contributed by atoms with Gasteiger partial charge in [-0.3, -0.25) is 0 Å². The minimum Gasteiger partial charge on any atom is -0.394 e. The third kappa shape index (κ3) is 2.92. The van der Waals surface area contributed by atoms with Gasteiger partial charge in [0, 0.05) is 5.54 Å². The highest BCUT2D eigenvalue weighted by atomic mass is 16.3. The summed E-state index contributed by atoms with van der Waals surface area (Å²) in [5.41, 5.74) is 0.0743. The fourth-order valence-electron chi connectivity index (χ4n) is 2.89. The zero-order chi connectivity index (χ0) is 10.6. The second kappa shape index (κ2) is 5.28. The van der Waals surface area contributed by atoms with Crippen LogP contribution in [0.2, 0.25) is 0 Å². The van der Waals surface area contributed by atoms with Gasteiger partial charge in [-0.15, -0.1) is 0 Å². The van der Waals surface area contributed by atoms with E-state index in [1.54, 1.807) is 0 Å². The Balaban J connectivity index is 1.75. The summed E-state index contributed by atoms with van der Waals surface area (Å²) in [6.07, 6.45) is 7.45. The summed E-state index contributed by atoms with van der Waals surface area (Å²) >= 11 is 0. The lowest BCUT2D eigenvalue weighted by Gasteiger charge is -2.32. The molecule has 0 unspecified atom stereocenters. The minimum absolute atomic E-state index is 0.0743. The van der Waals surface area contributed by atoms with Crippen molar-refractivity contribution < 1.29 is 5.11 Å². The van der Waals surface area contributed by atoms with Gasteiger partial charge in [0.15, 0.2) is 0 Å². The van der Waals surface area contributed by atoms with E-state index < -0.39 is 0 Å². The fourth-order valence-corrected chi connectivity index (χ4v) is 2.89.